The van der Waals surface area contributed by atoms with Gasteiger partial charge in [0.15, 0.2) is 12.7 Å². The molecule has 5 nitrogen and oxygen atoms in total. The van der Waals surface area contributed by atoms with Crippen molar-refractivity contribution in [2.45, 2.75) is 13.0 Å². The second-order valence-corrected chi connectivity index (χ2v) is 6.54. The molecule has 1 atom stereocenters. The number of Topliss-reactive ketones (excluding diaryl/α,β-unsaturated/α-hetero) is 1. The fourth-order valence-corrected chi connectivity index (χ4v) is 3.06. The fraction of sp³-hybridized carbons (Fsp3) is 0.176. The van der Waals surface area contributed by atoms with Crippen molar-refractivity contribution in [1.82, 2.24) is 0 Å². The molecular weight excluding hydrogens is 398 g/mol. The molecule has 1 aliphatic rings. The van der Waals surface area contributed by atoms with Crippen molar-refractivity contribution in [3.05, 3.63) is 51.5 Å². The van der Waals surface area contributed by atoms with Gasteiger partial charge in [-0.15, -0.1) is 0 Å². The van der Waals surface area contributed by atoms with Crippen LogP contribution in [0.3, 0.4) is 0 Å². The number of rotatable bonds is 4. The second kappa shape index (κ2) is 6.83. The van der Waals surface area contributed by atoms with Crippen molar-refractivity contribution >= 4 is 44.9 Å². The maximum Gasteiger partial charge on any atom is 0.262 e. The maximum absolute atomic E-state index is 12.6. The largest absolute Gasteiger partial charge is 0.482 e. The number of hydrogen-bond donors (Lipinski definition) is 1. The summed E-state index contributed by atoms with van der Waals surface area (Å²) in [5.74, 6) is 0.607. The third-order valence-corrected chi connectivity index (χ3v) is 4.32. The van der Waals surface area contributed by atoms with Gasteiger partial charge in [0.1, 0.15) is 11.5 Å². The fourth-order valence-electron chi connectivity index (χ4n) is 2.29. The van der Waals surface area contributed by atoms with E-state index in [9.17, 15) is 9.59 Å². The smallest absolute Gasteiger partial charge is 0.262 e. The molecule has 0 unspecified atom stereocenters. The van der Waals surface area contributed by atoms with Gasteiger partial charge in [-0.2, -0.15) is 0 Å². The SMILES string of the molecule is C[C@@H](Oc1ccc(Cl)cc1Br)C(=O)c1ccc2c(c1)NC(=O)CO2. The van der Waals surface area contributed by atoms with Crippen LogP contribution in [0, 0.1) is 0 Å². The number of fused-ring (bicyclic) bond motifs is 1. The van der Waals surface area contributed by atoms with Crippen LogP contribution in [0.4, 0.5) is 5.69 Å². The summed E-state index contributed by atoms with van der Waals surface area (Å²) in [5, 5.41) is 3.25. The normalized spacial score (nSPS) is 14.2. The molecule has 2 aromatic carbocycles. The zero-order chi connectivity index (χ0) is 17.3. The Hall–Kier alpha value is -2.05. The number of benzene rings is 2. The van der Waals surface area contributed by atoms with Gasteiger partial charge < -0.3 is 14.8 Å². The molecule has 0 spiro atoms. The van der Waals surface area contributed by atoms with Crippen LogP contribution in [0.15, 0.2) is 40.9 Å². The minimum absolute atomic E-state index is 0.0234. The molecule has 0 saturated carbocycles. The van der Waals surface area contributed by atoms with E-state index < -0.39 is 6.10 Å². The molecular formula is C17H13BrClNO4. The predicted molar refractivity (Wildman–Crippen MR) is 94.1 cm³/mol. The van der Waals surface area contributed by atoms with Gasteiger partial charge in [0, 0.05) is 10.6 Å². The summed E-state index contributed by atoms with van der Waals surface area (Å²) >= 11 is 9.24. The first kappa shape index (κ1) is 16.8. The highest BCUT2D eigenvalue weighted by molar-refractivity contribution is 9.10. The molecule has 124 valence electrons. The minimum atomic E-state index is -0.708. The Balaban J connectivity index is 1.78. The van der Waals surface area contributed by atoms with Crippen molar-refractivity contribution in [1.29, 1.82) is 0 Å². The number of carbonyl (C=O) groups excluding carboxylic acids is 2. The highest BCUT2D eigenvalue weighted by Crippen LogP contribution is 2.31. The van der Waals surface area contributed by atoms with E-state index in [0.29, 0.717) is 32.2 Å². The van der Waals surface area contributed by atoms with Crippen molar-refractivity contribution in [3.8, 4) is 11.5 Å². The number of carbonyl (C=O) groups is 2. The molecule has 24 heavy (non-hydrogen) atoms. The Kier molecular flexibility index (Phi) is 4.78. The number of hydrogen-bond acceptors (Lipinski definition) is 4. The summed E-state index contributed by atoms with van der Waals surface area (Å²) < 4.78 is 11.7. The molecule has 1 heterocycles. The first-order valence-electron chi connectivity index (χ1n) is 7.16. The highest BCUT2D eigenvalue weighted by atomic mass is 79.9. The molecule has 0 saturated heterocycles. The van der Waals surface area contributed by atoms with Gasteiger partial charge >= 0.3 is 0 Å². The average molecular weight is 411 g/mol. The van der Waals surface area contributed by atoms with Gasteiger partial charge in [0.05, 0.1) is 10.2 Å². The molecule has 1 amide bonds. The van der Waals surface area contributed by atoms with Crippen LogP contribution in [0.2, 0.25) is 5.02 Å². The molecule has 0 aliphatic carbocycles. The van der Waals surface area contributed by atoms with Crippen molar-refractivity contribution in [3.63, 3.8) is 0 Å². The lowest BCUT2D eigenvalue weighted by molar-refractivity contribution is -0.118. The van der Waals surface area contributed by atoms with E-state index in [0.717, 1.165) is 0 Å². The lowest BCUT2D eigenvalue weighted by atomic mass is 10.1. The van der Waals surface area contributed by atoms with E-state index in [1.807, 2.05) is 0 Å². The molecule has 0 fully saturated rings. The summed E-state index contributed by atoms with van der Waals surface area (Å²) in [6.07, 6.45) is -0.708. The first-order chi connectivity index (χ1) is 11.4. The third-order valence-electron chi connectivity index (χ3n) is 3.46. The first-order valence-corrected chi connectivity index (χ1v) is 8.34. The van der Waals surface area contributed by atoms with Gasteiger partial charge in [-0.05, 0) is 59.3 Å². The van der Waals surface area contributed by atoms with E-state index in [-0.39, 0.29) is 18.3 Å². The van der Waals surface area contributed by atoms with E-state index in [1.54, 1.807) is 43.3 Å². The Labute approximate surface area is 152 Å². The van der Waals surface area contributed by atoms with Gasteiger partial charge in [-0.3, -0.25) is 9.59 Å². The Morgan fingerprint density at radius 2 is 2.12 bits per heavy atom. The summed E-state index contributed by atoms with van der Waals surface area (Å²) in [4.78, 5) is 24.0. The standard InChI is InChI=1S/C17H13BrClNO4/c1-9(24-14-5-3-11(19)7-12(14)18)17(22)10-2-4-15-13(6-10)20-16(21)8-23-15/h2-7,9H,8H2,1H3,(H,20,21)/t9-/m1/s1. The van der Waals surface area contributed by atoms with Gasteiger partial charge in [0.25, 0.3) is 5.91 Å². The molecule has 1 aliphatic heterocycles. The maximum atomic E-state index is 12.6. The number of ketones is 1. The van der Waals surface area contributed by atoms with E-state index in [1.165, 1.54) is 0 Å². The monoisotopic (exact) mass is 409 g/mol. The van der Waals surface area contributed by atoms with Crippen LogP contribution in [0.25, 0.3) is 0 Å². The summed E-state index contributed by atoms with van der Waals surface area (Å²) in [6, 6.07) is 9.97. The van der Waals surface area contributed by atoms with Crippen LogP contribution in [-0.4, -0.2) is 24.4 Å². The Morgan fingerprint density at radius 3 is 2.88 bits per heavy atom. The van der Waals surface area contributed by atoms with E-state index in [2.05, 4.69) is 21.2 Å². The number of ether oxygens (including phenoxy) is 2. The van der Waals surface area contributed by atoms with Crippen molar-refractivity contribution in [2.75, 3.05) is 11.9 Å². The van der Waals surface area contributed by atoms with E-state index in [4.69, 9.17) is 21.1 Å². The van der Waals surface area contributed by atoms with Gasteiger partial charge in [-0.1, -0.05) is 11.6 Å². The third kappa shape index (κ3) is 3.55. The molecule has 0 aromatic heterocycles. The van der Waals surface area contributed by atoms with Crippen molar-refractivity contribution < 1.29 is 19.1 Å². The van der Waals surface area contributed by atoms with Gasteiger partial charge in [0.2, 0.25) is 5.78 Å². The lowest BCUT2D eigenvalue weighted by Gasteiger charge is -2.19. The topological polar surface area (TPSA) is 64.6 Å². The molecule has 7 heteroatoms. The predicted octanol–water partition coefficient (Wildman–Crippen LogP) is 4.08. The van der Waals surface area contributed by atoms with Crippen LogP contribution in [0.1, 0.15) is 17.3 Å². The van der Waals surface area contributed by atoms with E-state index >= 15 is 0 Å². The highest BCUT2D eigenvalue weighted by Gasteiger charge is 2.22. The summed E-state index contributed by atoms with van der Waals surface area (Å²) in [6.45, 7) is 1.64. The Bertz CT molecular complexity index is 824. The quantitative estimate of drug-likeness (QED) is 0.771. The number of amides is 1. The minimum Gasteiger partial charge on any atom is -0.482 e. The molecule has 1 N–H and O–H groups in total. The molecule has 2 aromatic rings. The molecule has 0 bridgehead atoms. The molecule has 3 rings (SSSR count). The second-order valence-electron chi connectivity index (χ2n) is 5.25. The van der Waals surface area contributed by atoms with Crippen LogP contribution >= 0.6 is 27.5 Å². The number of nitrogens with one attached hydrogen (secondary N) is 1. The van der Waals surface area contributed by atoms with Crippen LogP contribution in [0.5, 0.6) is 11.5 Å². The van der Waals surface area contributed by atoms with Crippen LogP contribution in [-0.2, 0) is 4.79 Å². The van der Waals surface area contributed by atoms with Crippen LogP contribution < -0.4 is 14.8 Å². The van der Waals surface area contributed by atoms with Crippen molar-refractivity contribution in [2.24, 2.45) is 0 Å². The van der Waals surface area contributed by atoms with Gasteiger partial charge in [-0.25, -0.2) is 0 Å². The number of halogens is 2. The average Bonchev–Trinajstić information content (AvgIpc) is 2.56. The number of anilines is 1. The lowest BCUT2D eigenvalue weighted by Crippen LogP contribution is -2.27. The zero-order valence-electron chi connectivity index (χ0n) is 12.6. The molecule has 0 radical (unpaired) electrons. The summed E-state index contributed by atoms with van der Waals surface area (Å²) in [5.41, 5.74) is 0.911. The zero-order valence-corrected chi connectivity index (χ0v) is 15.0. The summed E-state index contributed by atoms with van der Waals surface area (Å²) in [7, 11) is 0. The Morgan fingerprint density at radius 1 is 1.33 bits per heavy atom.